The van der Waals surface area contributed by atoms with Gasteiger partial charge in [0.1, 0.15) is 0 Å². The second-order valence-electron chi connectivity index (χ2n) is 6.82. The second kappa shape index (κ2) is 5.44. The van der Waals surface area contributed by atoms with Gasteiger partial charge < -0.3 is 10.6 Å². The molecule has 21 heavy (non-hydrogen) atoms. The Balaban J connectivity index is 1.36. The molecule has 0 spiro atoms. The molecule has 4 rings (SSSR count). The highest BCUT2D eigenvalue weighted by molar-refractivity contribution is 5.94. The lowest BCUT2D eigenvalue weighted by molar-refractivity contribution is -0.117. The van der Waals surface area contributed by atoms with Gasteiger partial charge in [-0.1, -0.05) is 12.8 Å². The van der Waals surface area contributed by atoms with Crippen LogP contribution in [0.15, 0.2) is 12.4 Å². The van der Waals surface area contributed by atoms with Gasteiger partial charge in [-0.25, -0.2) is 0 Å². The summed E-state index contributed by atoms with van der Waals surface area (Å²) < 4.78 is 2.02. The number of piperidine rings is 1. The Morgan fingerprint density at radius 1 is 1.19 bits per heavy atom. The van der Waals surface area contributed by atoms with E-state index in [4.69, 9.17) is 0 Å². The van der Waals surface area contributed by atoms with Crippen LogP contribution in [-0.4, -0.2) is 28.8 Å². The van der Waals surface area contributed by atoms with E-state index in [1.54, 1.807) is 6.20 Å². The third kappa shape index (κ3) is 2.59. The number of hydrogen-bond donors (Lipinski definition) is 2. The number of nitrogens with one attached hydrogen (secondary N) is 2. The van der Waals surface area contributed by atoms with E-state index < -0.39 is 0 Å². The number of aromatic nitrogens is 2. The summed E-state index contributed by atoms with van der Waals surface area (Å²) in [6, 6.07) is 0.473. The number of nitrogens with zero attached hydrogens (tertiary/aromatic N) is 2. The van der Waals surface area contributed by atoms with Crippen LogP contribution in [0, 0.1) is 17.8 Å². The molecule has 2 unspecified atom stereocenters. The maximum absolute atomic E-state index is 12.4. The molecule has 1 aromatic heterocycles. The van der Waals surface area contributed by atoms with E-state index in [1.165, 1.54) is 25.7 Å². The first-order chi connectivity index (χ1) is 10.3. The lowest BCUT2D eigenvalue weighted by Crippen LogP contribution is -2.29. The number of rotatable bonds is 3. The molecule has 0 bridgehead atoms. The summed E-state index contributed by atoms with van der Waals surface area (Å²) in [5.41, 5.74) is 0.863. The van der Waals surface area contributed by atoms with Crippen LogP contribution in [0.1, 0.15) is 44.6 Å². The van der Waals surface area contributed by atoms with E-state index in [2.05, 4.69) is 15.7 Å². The zero-order chi connectivity index (χ0) is 14.2. The average Bonchev–Trinajstić information content (AvgIpc) is 3.09. The average molecular weight is 288 g/mol. The molecule has 114 valence electrons. The van der Waals surface area contributed by atoms with E-state index in [-0.39, 0.29) is 11.8 Å². The maximum Gasteiger partial charge on any atom is 0.228 e. The van der Waals surface area contributed by atoms with Gasteiger partial charge in [0.25, 0.3) is 0 Å². The highest BCUT2D eigenvalue weighted by Gasteiger charge is 2.54. The fourth-order valence-corrected chi connectivity index (χ4v) is 4.28. The SMILES string of the molecule is O=C(Nc1cnn(C2CCNCC2)c1)C1C2CCCCC21. The molecule has 0 radical (unpaired) electrons. The fraction of sp³-hybridized carbons (Fsp3) is 0.750. The standard InChI is InChI=1S/C16H24N4O/c21-16(15-13-3-1-2-4-14(13)15)19-11-9-18-20(10-11)12-5-7-17-8-6-12/h9-10,12-15,17H,1-8H2,(H,19,21). The number of amides is 1. The highest BCUT2D eigenvalue weighted by atomic mass is 16.2. The summed E-state index contributed by atoms with van der Waals surface area (Å²) in [4.78, 5) is 12.4. The third-order valence-corrected chi connectivity index (χ3v) is 5.51. The third-order valence-electron chi connectivity index (χ3n) is 5.51. The van der Waals surface area contributed by atoms with Crippen LogP contribution < -0.4 is 10.6 Å². The van der Waals surface area contributed by atoms with Crippen molar-refractivity contribution in [2.75, 3.05) is 18.4 Å². The van der Waals surface area contributed by atoms with Gasteiger partial charge in [-0.3, -0.25) is 9.48 Å². The Morgan fingerprint density at radius 2 is 1.90 bits per heavy atom. The molecule has 1 aliphatic heterocycles. The minimum atomic E-state index is 0.219. The number of carbonyl (C=O) groups excluding carboxylic acids is 1. The maximum atomic E-state index is 12.4. The first-order valence-electron chi connectivity index (χ1n) is 8.38. The lowest BCUT2D eigenvalue weighted by atomic mass is 10.0. The quantitative estimate of drug-likeness (QED) is 0.896. The monoisotopic (exact) mass is 288 g/mol. The first-order valence-corrected chi connectivity index (χ1v) is 8.38. The molecule has 2 heterocycles. The molecule has 2 saturated carbocycles. The molecular weight excluding hydrogens is 264 g/mol. The largest absolute Gasteiger partial charge is 0.323 e. The summed E-state index contributed by atoms with van der Waals surface area (Å²) in [7, 11) is 0. The van der Waals surface area contributed by atoms with Crippen LogP contribution in [0.4, 0.5) is 5.69 Å². The predicted octanol–water partition coefficient (Wildman–Crippen LogP) is 2.18. The minimum absolute atomic E-state index is 0.219. The van der Waals surface area contributed by atoms with E-state index in [9.17, 15) is 4.79 Å². The summed E-state index contributed by atoms with van der Waals surface area (Å²) in [6.45, 7) is 2.11. The van der Waals surface area contributed by atoms with Crippen molar-refractivity contribution in [1.82, 2.24) is 15.1 Å². The summed E-state index contributed by atoms with van der Waals surface area (Å²) in [5.74, 6) is 1.82. The van der Waals surface area contributed by atoms with Crippen molar-refractivity contribution in [3.8, 4) is 0 Å². The van der Waals surface area contributed by atoms with Crippen LogP contribution in [0.25, 0.3) is 0 Å². The van der Waals surface area contributed by atoms with Crippen LogP contribution in [0.5, 0.6) is 0 Å². The van der Waals surface area contributed by atoms with Crippen molar-refractivity contribution in [3.63, 3.8) is 0 Å². The topological polar surface area (TPSA) is 59.0 Å². The number of hydrogen-bond acceptors (Lipinski definition) is 3. The Morgan fingerprint density at radius 3 is 2.62 bits per heavy atom. The molecule has 3 aliphatic rings. The van der Waals surface area contributed by atoms with Crippen LogP contribution in [0.2, 0.25) is 0 Å². The molecule has 2 aliphatic carbocycles. The molecule has 0 aromatic carbocycles. The lowest BCUT2D eigenvalue weighted by Gasteiger charge is -2.22. The molecular formula is C16H24N4O. The van der Waals surface area contributed by atoms with Crippen molar-refractivity contribution >= 4 is 11.6 Å². The first kappa shape index (κ1) is 13.3. The molecule has 1 amide bonds. The van der Waals surface area contributed by atoms with E-state index in [1.807, 2.05) is 10.9 Å². The van der Waals surface area contributed by atoms with Gasteiger partial charge in [0, 0.05) is 12.1 Å². The molecule has 1 aromatic rings. The second-order valence-corrected chi connectivity index (χ2v) is 6.82. The predicted molar refractivity (Wildman–Crippen MR) is 80.9 cm³/mol. The van der Waals surface area contributed by atoms with Gasteiger partial charge in [0.15, 0.2) is 0 Å². The molecule has 5 heteroatoms. The van der Waals surface area contributed by atoms with Crippen LogP contribution in [-0.2, 0) is 4.79 Å². The molecule has 2 N–H and O–H groups in total. The van der Waals surface area contributed by atoms with Gasteiger partial charge in [0.2, 0.25) is 5.91 Å². The smallest absolute Gasteiger partial charge is 0.228 e. The molecule has 3 fully saturated rings. The Bertz CT molecular complexity index is 508. The number of anilines is 1. The molecule has 2 atom stereocenters. The van der Waals surface area contributed by atoms with Crippen molar-refractivity contribution in [1.29, 1.82) is 0 Å². The van der Waals surface area contributed by atoms with Crippen LogP contribution >= 0.6 is 0 Å². The van der Waals surface area contributed by atoms with Crippen LogP contribution in [0.3, 0.4) is 0 Å². The zero-order valence-corrected chi connectivity index (χ0v) is 12.4. The van der Waals surface area contributed by atoms with Crippen molar-refractivity contribution in [2.45, 2.75) is 44.6 Å². The van der Waals surface area contributed by atoms with Gasteiger partial charge in [-0.15, -0.1) is 0 Å². The van der Waals surface area contributed by atoms with Gasteiger partial charge >= 0.3 is 0 Å². The van der Waals surface area contributed by atoms with Crippen molar-refractivity contribution in [3.05, 3.63) is 12.4 Å². The van der Waals surface area contributed by atoms with Crippen molar-refractivity contribution < 1.29 is 4.79 Å². The Labute approximate surface area is 125 Å². The minimum Gasteiger partial charge on any atom is -0.323 e. The van der Waals surface area contributed by atoms with Gasteiger partial charge in [-0.05, 0) is 50.6 Å². The van der Waals surface area contributed by atoms with E-state index >= 15 is 0 Å². The highest BCUT2D eigenvalue weighted by Crippen LogP contribution is 2.55. The fourth-order valence-electron chi connectivity index (χ4n) is 4.28. The number of fused-ring (bicyclic) bond motifs is 1. The summed E-state index contributed by atoms with van der Waals surface area (Å²) in [5, 5.41) is 10.9. The van der Waals surface area contributed by atoms with Crippen molar-refractivity contribution in [2.24, 2.45) is 17.8 Å². The Hall–Kier alpha value is -1.36. The van der Waals surface area contributed by atoms with E-state index in [0.29, 0.717) is 17.9 Å². The number of carbonyl (C=O) groups is 1. The normalized spacial score (nSPS) is 32.5. The van der Waals surface area contributed by atoms with E-state index in [0.717, 1.165) is 31.6 Å². The molecule has 1 saturated heterocycles. The summed E-state index contributed by atoms with van der Waals surface area (Å²) >= 11 is 0. The molecule has 5 nitrogen and oxygen atoms in total. The Kier molecular flexibility index (Phi) is 3.45. The van der Waals surface area contributed by atoms with Gasteiger partial charge in [-0.2, -0.15) is 5.10 Å². The zero-order valence-electron chi connectivity index (χ0n) is 12.4. The van der Waals surface area contributed by atoms with Gasteiger partial charge in [0.05, 0.1) is 17.9 Å². The summed E-state index contributed by atoms with van der Waals surface area (Å²) in [6.07, 6.45) is 11.1.